The van der Waals surface area contributed by atoms with Crippen LogP contribution in [0.25, 0.3) is 0 Å². The third-order valence-electron chi connectivity index (χ3n) is 2.55. The quantitative estimate of drug-likeness (QED) is 0.401. The van der Waals surface area contributed by atoms with E-state index in [2.05, 4.69) is 25.8 Å². The van der Waals surface area contributed by atoms with Crippen LogP contribution in [0.15, 0.2) is 40.1 Å². The predicted molar refractivity (Wildman–Crippen MR) is 89.2 cm³/mol. The molecule has 0 aliphatic carbocycles. The van der Waals surface area contributed by atoms with Gasteiger partial charge in [0, 0.05) is 25.7 Å². The Morgan fingerprint density at radius 3 is 2.95 bits per heavy atom. The number of aromatic amines is 1. The van der Waals surface area contributed by atoms with E-state index in [0.717, 1.165) is 36.9 Å². The molecule has 0 saturated heterocycles. The lowest BCUT2D eigenvalue weighted by Gasteiger charge is -2.10. The molecule has 0 aliphatic rings. The van der Waals surface area contributed by atoms with Gasteiger partial charge in [-0.3, -0.25) is 5.10 Å². The molecule has 0 aliphatic heterocycles. The summed E-state index contributed by atoms with van der Waals surface area (Å²) < 4.78 is 5.28. The summed E-state index contributed by atoms with van der Waals surface area (Å²) in [7, 11) is 0. The monoisotopic (exact) mass is 389 g/mol. The minimum Gasteiger partial charge on any atom is -0.469 e. The zero-order valence-corrected chi connectivity index (χ0v) is 13.8. The summed E-state index contributed by atoms with van der Waals surface area (Å²) in [5.41, 5.74) is 0.989. The van der Waals surface area contributed by atoms with Crippen molar-refractivity contribution in [3.05, 3.63) is 42.1 Å². The maximum absolute atomic E-state index is 5.28. The summed E-state index contributed by atoms with van der Waals surface area (Å²) in [5, 5.41) is 13.2. The summed E-state index contributed by atoms with van der Waals surface area (Å²) in [4.78, 5) is 4.47. The molecule has 0 unspecified atom stereocenters. The summed E-state index contributed by atoms with van der Waals surface area (Å²) in [6.07, 6.45) is 4.25. The molecule has 3 N–H and O–H groups in total. The molecule has 2 aromatic heterocycles. The van der Waals surface area contributed by atoms with E-state index < -0.39 is 0 Å². The van der Waals surface area contributed by atoms with Crippen LogP contribution in [0.1, 0.15) is 18.4 Å². The van der Waals surface area contributed by atoms with Crippen LogP contribution in [-0.4, -0.2) is 29.2 Å². The van der Waals surface area contributed by atoms with E-state index in [1.54, 1.807) is 12.5 Å². The fourth-order valence-electron chi connectivity index (χ4n) is 1.64. The minimum atomic E-state index is 0. The Morgan fingerprint density at radius 1 is 1.40 bits per heavy atom. The highest BCUT2D eigenvalue weighted by Crippen LogP contribution is 1.99. The Hall–Kier alpha value is -1.51. The van der Waals surface area contributed by atoms with Crippen LogP contribution < -0.4 is 10.6 Å². The molecule has 7 heteroatoms. The third kappa shape index (κ3) is 5.64. The average Bonchev–Trinajstić information content (AvgIpc) is 3.09. The molecule has 0 bridgehead atoms. The Kier molecular flexibility index (Phi) is 7.78. The van der Waals surface area contributed by atoms with Gasteiger partial charge in [0.15, 0.2) is 5.96 Å². The van der Waals surface area contributed by atoms with E-state index in [0.29, 0.717) is 6.54 Å². The van der Waals surface area contributed by atoms with Crippen LogP contribution in [0, 0.1) is 0 Å². The smallest absolute Gasteiger partial charge is 0.191 e. The van der Waals surface area contributed by atoms with Crippen LogP contribution >= 0.6 is 24.0 Å². The molecule has 2 aromatic rings. The first kappa shape index (κ1) is 16.5. The van der Waals surface area contributed by atoms with Gasteiger partial charge < -0.3 is 15.1 Å². The zero-order valence-electron chi connectivity index (χ0n) is 11.4. The first-order chi connectivity index (χ1) is 9.38. The van der Waals surface area contributed by atoms with Crippen molar-refractivity contribution in [3.63, 3.8) is 0 Å². The highest BCUT2D eigenvalue weighted by Gasteiger charge is 1.99. The van der Waals surface area contributed by atoms with E-state index in [1.807, 2.05) is 25.1 Å². The van der Waals surface area contributed by atoms with Crippen molar-refractivity contribution >= 4 is 29.9 Å². The number of guanidine groups is 1. The van der Waals surface area contributed by atoms with Gasteiger partial charge in [-0.25, -0.2) is 4.99 Å². The first-order valence-electron chi connectivity index (χ1n) is 6.41. The van der Waals surface area contributed by atoms with E-state index in [-0.39, 0.29) is 24.0 Å². The van der Waals surface area contributed by atoms with Gasteiger partial charge in [-0.15, -0.1) is 24.0 Å². The molecule has 20 heavy (non-hydrogen) atoms. The van der Waals surface area contributed by atoms with E-state index >= 15 is 0 Å². The molecular formula is C13H20IN5O. The van der Waals surface area contributed by atoms with Gasteiger partial charge in [0.1, 0.15) is 5.76 Å². The van der Waals surface area contributed by atoms with Gasteiger partial charge in [-0.05, 0) is 25.1 Å². The zero-order chi connectivity index (χ0) is 13.3. The SMILES string of the molecule is CCNC(=NCc1ccn[nH]1)NCCc1ccco1.I. The van der Waals surface area contributed by atoms with Gasteiger partial charge in [-0.2, -0.15) is 5.10 Å². The molecule has 0 radical (unpaired) electrons. The maximum Gasteiger partial charge on any atom is 0.191 e. The maximum atomic E-state index is 5.28. The number of hydrogen-bond acceptors (Lipinski definition) is 3. The molecular weight excluding hydrogens is 369 g/mol. The van der Waals surface area contributed by atoms with Crippen molar-refractivity contribution in [2.45, 2.75) is 19.9 Å². The summed E-state index contributed by atoms with van der Waals surface area (Å²) in [6.45, 7) is 4.23. The van der Waals surface area contributed by atoms with Gasteiger partial charge in [0.25, 0.3) is 0 Å². The molecule has 0 amide bonds. The van der Waals surface area contributed by atoms with Gasteiger partial charge >= 0.3 is 0 Å². The number of aliphatic imine (C=N–C) groups is 1. The summed E-state index contributed by atoms with van der Waals surface area (Å²) in [5.74, 6) is 1.76. The van der Waals surface area contributed by atoms with Crippen molar-refractivity contribution in [3.8, 4) is 0 Å². The van der Waals surface area contributed by atoms with Gasteiger partial charge in [0.05, 0.1) is 18.5 Å². The topological polar surface area (TPSA) is 78.2 Å². The van der Waals surface area contributed by atoms with Crippen molar-refractivity contribution in [2.24, 2.45) is 4.99 Å². The van der Waals surface area contributed by atoms with E-state index in [9.17, 15) is 0 Å². The number of halogens is 1. The van der Waals surface area contributed by atoms with Crippen LogP contribution in [-0.2, 0) is 13.0 Å². The number of H-pyrrole nitrogens is 1. The fourth-order valence-corrected chi connectivity index (χ4v) is 1.64. The minimum absolute atomic E-state index is 0. The van der Waals surface area contributed by atoms with Crippen LogP contribution in [0.4, 0.5) is 0 Å². The normalized spacial score (nSPS) is 10.9. The standard InChI is InChI=1S/C13H19N5O.HI/c1-2-14-13(16-10-11-5-8-17-18-11)15-7-6-12-4-3-9-19-12;/h3-5,8-9H,2,6-7,10H2,1H3,(H,17,18)(H2,14,15,16);1H. The highest BCUT2D eigenvalue weighted by atomic mass is 127. The van der Waals surface area contributed by atoms with Crippen molar-refractivity contribution in [1.82, 2.24) is 20.8 Å². The molecule has 0 atom stereocenters. The lowest BCUT2D eigenvalue weighted by molar-refractivity contribution is 0.507. The van der Waals surface area contributed by atoms with Crippen molar-refractivity contribution < 1.29 is 4.42 Å². The number of furan rings is 1. The van der Waals surface area contributed by atoms with Crippen LogP contribution in [0.5, 0.6) is 0 Å². The predicted octanol–water partition coefficient (Wildman–Crippen LogP) is 1.92. The summed E-state index contributed by atoms with van der Waals surface area (Å²) in [6, 6.07) is 5.78. The molecule has 0 fully saturated rings. The molecule has 0 saturated carbocycles. The average molecular weight is 389 g/mol. The Balaban J connectivity index is 0.00000200. The number of nitrogens with zero attached hydrogens (tertiary/aromatic N) is 2. The number of aromatic nitrogens is 2. The third-order valence-corrected chi connectivity index (χ3v) is 2.55. The van der Waals surface area contributed by atoms with Gasteiger partial charge in [-0.1, -0.05) is 0 Å². The Labute approximate surface area is 135 Å². The molecule has 2 rings (SSSR count). The fraction of sp³-hybridized carbons (Fsp3) is 0.385. The Bertz CT molecular complexity index is 481. The second-order valence-electron chi connectivity index (χ2n) is 4.03. The molecule has 0 aromatic carbocycles. The molecule has 6 nitrogen and oxygen atoms in total. The second kappa shape index (κ2) is 9.40. The Morgan fingerprint density at radius 2 is 2.30 bits per heavy atom. The number of rotatable bonds is 6. The van der Waals surface area contributed by atoms with Crippen molar-refractivity contribution in [1.29, 1.82) is 0 Å². The number of hydrogen-bond donors (Lipinski definition) is 3. The largest absolute Gasteiger partial charge is 0.469 e. The molecule has 2 heterocycles. The molecule has 0 spiro atoms. The first-order valence-corrected chi connectivity index (χ1v) is 6.41. The highest BCUT2D eigenvalue weighted by molar-refractivity contribution is 14.0. The lowest BCUT2D eigenvalue weighted by atomic mass is 10.3. The van der Waals surface area contributed by atoms with Gasteiger partial charge in [0.2, 0.25) is 0 Å². The molecule has 110 valence electrons. The van der Waals surface area contributed by atoms with E-state index in [1.165, 1.54) is 0 Å². The lowest BCUT2D eigenvalue weighted by Crippen LogP contribution is -2.38. The number of nitrogens with one attached hydrogen (secondary N) is 3. The second-order valence-corrected chi connectivity index (χ2v) is 4.03. The van der Waals surface area contributed by atoms with Crippen LogP contribution in [0.3, 0.4) is 0 Å². The van der Waals surface area contributed by atoms with Crippen molar-refractivity contribution in [2.75, 3.05) is 13.1 Å². The summed E-state index contributed by atoms with van der Waals surface area (Å²) >= 11 is 0. The van der Waals surface area contributed by atoms with Crippen LogP contribution in [0.2, 0.25) is 0 Å². The van der Waals surface area contributed by atoms with E-state index in [4.69, 9.17) is 4.42 Å².